The van der Waals surface area contributed by atoms with E-state index in [1.165, 1.54) is 26.4 Å². The Balaban J connectivity index is 1.91. The summed E-state index contributed by atoms with van der Waals surface area (Å²) in [6, 6.07) is 4.44. The number of benzene rings is 1. The first-order valence-electron chi connectivity index (χ1n) is 8.70. The van der Waals surface area contributed by atoms with Crippen molar-refractivity contribution >= 4 is 21.7 Å². The third-order valence-electron chi connectivity index (χ3n) is 4.55. The van der Waals surface area contributed by atoms with Crippen LogP contribution in [0, 0.1) is 13.8 Å². The number of anilines is 2. The molecule has 1 saturated heterocycles. The van der Waals surface area contributed by atoms with Gasteiger partial charge in [0.05, 0.1) is 36.2 Å². The SMILES string of the molecule is COc1ccc(S(=O)(=O)Nc2c(C)nc(N3CCCC3)nc2C)cc1OC. The Labute approximate surface area is 159 Å². The number of sulfonamides is 1. The van der Waals surface area contributed by atoms with E-state index in [9.17, 15) is 8.42 Å². The molecule has 27 heavy (non-hydrogen) atoms. The fraction of sp³-hybridized carbons (Fsp3) is 0.444. The first-order valence-corrected chi connectivity index (χ1v) is 10.2. The molecule has 8 nitrogen and oxygen atoms in total. The zero-order valence-electron chi connectivity index (χ0n) is 15.9. The molecule has 0 unspecified atom stereocenters. The lowest BCUT2D eigenvalue weighted by Crippen LogP contribution is -2.22. The van der Waals surface area contributed by atoms with Gasteiger partial charge in [0.25, 0.3) is 10.0 Å². The standard InChI is InChI=1S/C18H24N4O4S/c1-12-17(13(2)20-18(19-12)22-9-5-6-10-22)21-27(23,24)14-7-8-15(25-3)16(11-14)26-4/h7-8,11,21H,5-6,9-10H2,1-4H3. The molecule has 0 atom stereocenters. The fourth-order valence-electron chi connectivity index (χ4n) is 3.08. The number of methoxy groups -OCH3 is 2. The predicted molar refractivity (Wildman–Crippen MR) is 103 cm³/mol. The second-order valence-corrected chi connectivity index (χ2v) is 8.07. The monoisotopic (exact) mass is 392 g/mol. The van der Waals surface area contributed by atoms with Crippen molar-refractivity contribution < 1.29 is 17.9 Å². The van der Waals surface area contributed by atoms with Gasteiger partial charge in [-0.05, 0) is 38.8 Å². The Bertz CT molecular complexity index is 917. The van der Waals surface area contributed by atoms with Gasteiger partial charge in [-0.1, -0.05) is 0 Å². The van der Waals surface area contributed by atoms with Gasteiger partial charge in [-0.3, -0.25) is 4.72 Å². The van der Waals surface area contributed by atoms with Crippen LogP contribution in [0.4, 0.5) is 11.6 Å². The normalized spacial score (nSPS) is 14.3. The van der Waals surface area contributed by atoms with Crippen molar-refractivity contribution in [3.8, 4) is 11.5 Å². The van der Waals surface area contributed by atoms with Gasteiger partial charge in [0.1, 0.15) is 0 Å². The van der Waals surface area contributed by atoms with Crippen molar-refractivity contribution in [1.82, 2.24) is 9.97 Å². The highest BCUT2D eigenvalue weighted by Gasteiger charge is 2.22. The van der Waals surface area contributed by atoms with E-state index >= 15 is 0 Å². The van der Waals surface area contributed by atoms with Gasteiger partial charge in [0, 0.05) is 19.2 Å². The number of nitrogens with zero attached hydrogens (tertiary/aromatic N) is 3. The molecule has 0 bridgehead atoms. The predicted octanol–water partition coefficient (Wildman–Crippen LogP) is 2.51. The number of ether oxygens (including phenoxy) is 2. The molecular weight excluding hydrogens is 368 g/mol. The highest BCUT2D eigenvalue weighted by atomic mass is 32.2. The Morgan fingerprint density at radius 3 is 2.15 bits per heavy atom. The van der Waals surface area contributed by atoms with Gasteiger partial charge >= 0.3 is 0 Å². The first kappa shape index (κ1) is 19.2. The Kier molecular flexibility index (Phi) is 5.41. The van der Waals surface area contributed by atoms with Crippen LogP contribution in [0.15, 0.2) is 23.1 Å². The number of hydrogen-bond acceptors (Lipinski definition) is 7. The molecule has 2 aromatic rings. The highest BCUT2D eigenvalue weighted by Crippen LogP contribution is 2.31. The molecule has 0 radical (unpaired) electrons. The molecule has 1 aromatic carbocycles. The Hall–Kier alpha value is -2.55. The van der Waals surface area contributed by atoms with E-state index in [1.54, 1.807) is 19.9 Å². The third-order valence-corrected chi connectivity index (χ3v) is 5.90. The van der Waals surface area contributed by atoms with Crippen LogP contribution in [0.1, 0.15) is 24.2 Å². The van der Waals surface area contributed by atoms with Crippen molar-refractivity contribution in [1.29, 1.82) is 0 Å². The smallest absolute Gasteiger partial charge is 0.262 e. The first-order chi connectivity index (χ1) is 12.9. The number of aromatic nitrogens is 2. The number of aryl methyl sites for hydroxylation is 2. The van der Waals surface area contributed by atoms with Crippen LogP contribution in [0.5, 0.6) is 11.5 Å². The van der Waals surface area contributed by atoms with Crippen LogP contribution in [0.2, 0.25) is 0 Å². The molecule has 1 N–H and O–H groups in total. The van der Waals surface area contributed by atoms with Crippen LogP contribution in [-0.4, -0.2) is 45.7 Å². The summed E-state index contributed by atoms with van der Waals surface area (Å²) in [5.41, 5.74) is 1.58. The molecule has 146 valence electrons. The fourth-order valence-corrected chi connectivity index (χ4v) is 4.27. The molecule has 1 aromatic heterocycles. The summed E-state index contributed by atoms with van der Waals surface area (Å²) in [6.07, 6.45) is 2.24. The summed E-state index contributed by atoms with van der Waals surface area (Å²) < 4.78 is 38.6. The maximum Gasteiger partial charge on any atom is 0.262 e. The average molecular weight is 392 g/mol. The summed E-state index contributed by atoms with van der Waals surface area (Å²) in [7, 11) is -0.871. The van der Waals surface area contributed by atoms with E-state index in [4.69, 9.17) is 9.47 Å². The lowest BCUT2D eigenvalue weighted by atomic mass is 10.3. The molecule has 1 aliphatic rings. The van der Waals surface area contributed by atoms with E-state index in [-0.39, 0.29) is 4.90 Å². The van der Waals surface area contributed by atoms with E-state index < -0.39 is 10.0 Å². The van der Waals surface area contributed by atoms with Crippen LogP contribution < -0.4 is 19.1 Å². The van der Waals surface area contributed by atoms with Crippen molar-refractivity contribution in [3.63, 3.8) is 0 Å². The summed E-state index contributed by atoms with van der Waals surface area (Å²) in [4.78, 5) is 11.2. The number of rotatable bonds is 6. The average Bonchev–Trinajstić information content (AvgIpc) is 3.18. The summed E-state index contributed by atoms with van der Waals surface area (Å²) in [5, 5.41) is 0. The third kappa shape index (κ3) is 3.92. The lowest BCUT2D eigenvalue weighted by molar-refractivity contribution is 0.354. The lowest BCUT2D eigenvalue weighted by Gasteiger charge is -2.19. The molecule has 3 rings (SSSR count). The van der Waals surface area contributed by atoms with Crippen LogP contribution in [-0.2, 0) is 10.0 Å². The zero-order valence-corrected chi connectivity index (χ0v) is 16.8. The van der Waals surface area contributed by atoms with Gasteiger partial charge in [0.15, 0.2) is 11.5 Å². The van der Waals surface area contributed by atoms with Crippen LogP contribution in [0.3, 0.4) is 0 Å². The van der Waals surface area contributed by atoms with Gasteiger partial charge in [-0.25, -0.2) is 18.4 Å². The largest absolute Gasteiger partial charge is 0.493 e. The van der Waals surface area contributed by atoms with Gasteiger partial charge in [-0.2, -0.15) is 0 Å². The van der Waals surface area contributed by atoms with Gasteiger partial charge in [-0.15, -0.1) is 0 Å². The molecule has 2 heterocycles. The summed E-state index contributed by atoms with van der Waals surface area (Å²) in [6.45, 7) is 5.41. The van der Waals surface area contributed by atoms with Crippen molar-refractivity contribution in [2.75, 3.05) is 36.9 Å². The second kappa shape index (κ2) is 7.59. The Morgan fingerprint density at radius 1 is 1.00 bits per heavy atom. The molecule has 1 fully saturated rings. The number of hydrogen-bond donors (Lipinski definition) is 1. The molecule has 0 aliphatic carbocycles. The number of nitrogens with one attached hydrogen (secondary N) is 1. The quantitative estimate of drug-likeness (QED) is 0.807. The van der Waals surface area contributed by atoms with E-state index in [2.05, 4.69) is 19.6 Å². The summed E-state index contributed by atoms with van der Waals surface area (Å²) in [5.74, 6) is 1.45. The highest BCUT2D eigenvalue weighted by molar-refractivity contribution is 7.92. The van der Waals surface area contributed by atoms with Crippen molar-refractivity contribution in [3.05, 3.63) is 29.6 Å². The maximum atomic E-state index is 12.8. The second-order valence-electron chi connectivity index (χ2n) is 6.39. The molecule has 1 aliphatic heterocycles. The minimum absolute atomic E-state index is 0.0718. The van der Waals surface area contributed by atoms with E-state index in [0.717, 1.165) is 25.9 Å². The van der Waals surface area contributed by atoms with Crippen LogP contribution in [0.25, 0.3) is 0 Å². The zero-order chi connectivity index (χ0) is 19.6. The maximum absolute atomic E-state index is 12.8. The topological polar surface area (TPSA) is 93.7 Å². The summed E-state index contributed by atoms with van der Waals surface area (Å²) >= 11 is 0. The van der Waals surface area contributed by atoms with Crippen molar-refractivity contribution in [2.45, 2.75) is 31.6 Å². The minimum Gasteiger partial charge on any atom is -0.493 e. The molecular formula is C18H24N4O4S. The van der Waals surface area contributed by atoms with E-state index in [1.807, 2.05) is 0 Å². The molecule has 0 spiro atoms. The Morgan fingerprint density at radius 2 is 1.59 bits per heavy atom. The van der Waals surface area contributed by atoms with Crippen molar-refractivity contribution in [2.24, 2.45) is 0 Å². The molecule has 0 saturated carbocycles. The van der Waals surface area contributed by atoms with Gasteiger partial charge < -0.3 is 14.4 Å². The van der Waals surface area contributed by atoms with Gasteiger partial charge in [0.2, 0.25) is 5.95 Å². The molecule has 0 amide bonds. The van der Waals surface area contributed by atoms with Crippen LogP contribution >= 0.6 is 0 Å². The molecule has 9 heteroatoms. The minimum atomic E-state index is -3.83. The van der Waals surface area contributed by atoms with E-state index in [0.29, 0.717) is 34.5 Å².